The molecule has 0 amide bonds. The molecule has 0 spiro atoms. The minimum atomic E-state index is -2.43. The van der Waals surface area contributed by atoms with Gasteiger partial charge in [-0.2, -0.15) is 0 Å². The van der Waals surface area contributed by atoms with Crippen molar-refractivity contribution in [2.24, 2.45) is 5.73 Å². The SMILES string of the molecule is CCCN(C)C(CN)c1cccc(C(F)F)c1. The van der Waals surface area contributed by atoms with Gasteiger partial charge < -0.3 is 5.73 Å². The topological polar surface area (TPSA) is 29.3 Å². The molecule has 0 saturated carbocycles. The molecule has 17 heavy (non-hydrogen) atoms. The summed E-state index contributed by atoms with van der Waals surface area (Å²) in [6, 6.07) is 6.53. The Labute approximate surface area is 101 Å². The standard InChI is InChI=1S/C13H20F2N2/c1-3-7-17(2)12(9-16)10-5-4-6-11(8-10)13(14)15/h4-6,8,12-13H,3,7,9,16H2,1-2H3. The molecule has 2 N–H and O–H groups in total. The molecule has 1 atom stereocenters. The van der Waals surface area contributed by atoms with Crippen LogP contribution in [0.25, 0.3) is 0 Å². The molecule has 2 nitrogen and oxygen atoms in total. The van der Waals surface area contributed by atoms with Crippen LogP contribution in [0.5, 0.6) is 0 Å². The maximum absolute atomic E-state index is 12.6. The first-order valence-electron chi connectivity index (χ1n) is 5.88. The highest BCUT2D eigenvalue weighted by Crippen LogP contribution is 2.24. The average Bonchev–Trinajstić information content (AvgIpc) is 2.30. The Morgan fingerprint density at radius 1 is 1.29 bits per heavy atom. The number of halogens is 2. The van der Waals surface area contributed by atoms with E-state index in [1.165, 1.54) is 6.07 Å². The van der Waals surface area contributed by atoms with E-state index in [1.54, 1.807) is 12.1 Å². The molecule has 1 aromatic carbocycles. The third-order valence-corrected chi connectivity index (χ3v) is 2.88. The van der Waals surface area contributed by atoms with E-state index in [4.69, 9.17) is 5.73 Å². The van der Waals surface area contributed by atoms with Crippen molar-refractivity contribution in [3.63, 3.8) is 0 Å². The predicted octanol–water partition coefficient (Wildman–Crippen LogP) is 2.97. The van der Waals surface area contributed by atoms with Gasteiger partial charge >= 0.3 is 0 Å². The molecule has 0 bridgehead atoms. The Hall–Kier alpha value is -1.00. The summed E-state index contributed by atoms with van der Waals surface area (Å²) in [5.41, 5.74) is 6.66. The van der Waals surface area contributed by atoms with Gasteiger partial charge in [-0.05, 0) is 31.6 Å². The molecule has 0 fully saturated rings. The Kier molecular flexibility index (Phi) is 5.51. The zero-order valence-corrected chi connectivity index (χ0v) is 10.4. The zero-order chi connectivity index (χ0) is 12.8. The maximum Gasteiger partial charge on any atom is 0.263 e. The molecule has 0 saturated heterocycles. The van der Waals surface area contributed by atoms with Gasteiger partial charge in [0, 0.05) is 18.2 Å². The fraction of sp³-hybridized carbons (Fsp3) is 0.538. The monoisotopic (exact) mass is 242 g/mol. The van der Waals surface area contributed by atoms with Gasteiger partial charge in [0.25, 0.3) is 6.43 Å². The van der Waals surface area contributed by atoms with E-state index in [0.717, 1.165) is 18.5 Å². The minimum Gasteiger partial charge on any atom is -0.329 e. The average molecular weight is 242 g/mol. The highest BCUT2D eigenvalue weighted by Gasteiger charge is 2.16. The van der Waals surface area contributed by atoms with Crippen LogP contribution < -0.4 is 5.73 Å². The van der Waals surface area contributed by atoms with E-state index in [2.05, 4.69) is 11.8 Å². The number of benzene rings is 1. The van der Waals surface area contributed by atoms with Crippen molar-refractivity contribution >= 4 is 0 Å². The van der Waals surface area contributed by atoms with Crippen molar-refractivity contribution in [1.82, 2.24) is 4.90 Å². The quantitative estimate of drug-likeness (QED) is 0.831. The molecule has 1 unspecified atom stereocenters. The van der Waals surface area contributed by atoms with Crippen LogP contribution in [-0.4, -0.2) is 25.0 Å². The number of rotatable bonds is 6. The summed E-state index contributed by atoms with van der Waals surface area (Å²) in [4.78, 5) is 2.10. The van der Waals surface area contributed by atoms with Crippen LogP contribution in [0.4, 0.5) is 8.78 Å². The van der Waals surface area contributed by atoms with Crippen molar-refractivity contribution in [2.75, 3.05) is 20.1 Å². The summed E-state index contributed by atoms with van der Waals surface area (Å²) in [6.45, 7) is 3.42. The Bertz CT molecular complexity index is 342. The van der Waals surface area contributed by atoms with Gasteiger partial charge in [-0.3, -0.25) is 4.90 Å². The molecule has 1 rings (SSSR count). The van der Waals surface area contributed by atoms with Crippen LogP contribution in [0.1, 0.15) is 36.9 Å². The number of alkyl halides is 2. The van der Waals surface area contributed by atoms with Gasteiger partial charge in [0.2, 0.25) is 0 Å². The van der Waals surface area contributed by atoms with Crippen LogP contribution in [-0.2, 0) is 0 Å². The van der Waals surface area contributed by atoms with E-state index in [9.17, 15) is 8.78 Å². The normalized spacial score (nSPS) is 13.4. The smallest absolute Gasteiger partial charge is 0.263 e. The predicted molar refractivity (Wildman–Crippen MR) is 66.1 cm³/mol. The highest BCUT2D eigenvalue weighted by atomic mass is 19.3. The summed E-state index contributed by atoms with van der Waals surface area (Å²) < 4.78 is 25.2. The molecule has 0 heterocycles. The molecule has 0 aliphatic heterocycles. The Balaban J connectivity index is 2.91. The maximum atomic E-state index is 12.6. The second-order valence-corrected chi connectivity index (χ2v) is 4.20. The molecule has 4 heteroatoms. The van der Waals surface area contributed by atoms with E-state index in [-0.39, 0.29) is 11.6 Å². The zero-order valence-electron chi connectivity index (χ0n) is 10.4. The van der Waals surface area contributed by atoms with E-state index >= 15 is 0 Å². The van der Waals surface area contributed by atoms with Crippen molar-refractivity contribution < 1.29 is 8.78 Å². The molecule has 96 valence electrons. The van der Waals surface area contributed by atoms with Crippen LogP contribution in [0.2, 0.25) is 0 Å². The third kappa shape index (κ3) is 3.75. The van der Waals surface area contributed by atoms with Gasteiger partial charge in [-0.1, -0.05) is 25.1 Å². The second kappa shape index (κ2) is 6.67. The highest BCUT2D eigenvalue weighted by molar-refractivity contribution is 5.27. The van der Waals surface area contributed by atoms with E-state index in [1.807, 2.05) is 13.1 Å². The lowest BCUT2D eigenvalue weighted by Gasteiger charge is -2.27. The molecule has 1 aromatic rings. The summed E-state index contributed by atoms with van der Waals surface area (Å²) in [5.74, 6) is 0. The second-order valence-electron chi connectivity index (χ2n) is 4.20. The molecule has 0 aliphatic rings. The van der Waals surface area contributed by atoms with Crippen molar-refractivity contribution in [2.45, 2.75) is 25.8 Å². The van der Waals surface area contributed by atoms with Gasteiger partial charge in [-0.25, -0.2) is 8.78 Å². The van der Waals surface area contributed by atoms with Crippen molar-refractivity contribution in [1.29, 1.82) is 0 Å². The van der Waals surface area contributed by atoms with Crippen molar-refractivity contribution in [3.8, 4) is 0 Å². The minimum absolute atomic E-state index is 0.00801. The molecular weight excluding hydrogens is 222 g/mol. The lowest BCUT2D eigenvalue weighted by atomic mass is 10.0. The molecule has 0 aromatic heterocycles. The summed E-state index contributed by atoms with van der Waals surface area (Å²) in [6.07, 6.45) is -1.41. The van der Waals surface area contributed by atoms with Gasteiger partial charge in [-0.15, -0.1) is 0 Å². The summed E-state index contributed by atoms with van der Waals surface area (Å²) in [7, 11) is 1.97. The molecule has 0 radical (unpaired) electrons. The van der Waals surface area contributed by atoms with Crippen LogP contribution in [0, 0.1) is 0 Å². The number of hydrogen-bond acceptors (Lipinski definition) is 2. The number of nitrogens with zero attached hydrogens (tertiary/aromatic N) is 1. The summed E-state index contributed by atoms with van der Waals surface area (Å²) >= 11 is 0. The van der Waals surface area contributed by atoms with E-state index < -0.39 is 6.43 Å². The lowest BCUT2D eigenvalue weighted by molar-refractivity contribution is 0.151. The molecule has 0 aliphatic carbocycles. The van der Waals surface area contributed by atoms with E-state index in [0.29, 0.717) is 6.54 Å². The fourth-order valence-corrected chi connectivity index (χ4v) is 1.98. The number of hydrogen-bond donors (Lipinski definition) is 1. The molecular formula is C13H20F2N2. The third-order valence-electron chi connectivity index (χ3n) is 2.88. The van der Waals surface area contributed by atoms with Gasteiger partial charge in [0.1, 0.15) is 0 Å². The van der Waals surface area contributed by atoms with Gasteiger partial charge in [0.15, 0.2) is 0 Å². The van der Waals surface area contributed by atoms with Crippen LogP contribution >= 0.6 is 0 Å². The Morgan fingerprint density at radius 2 is 1.94 bits per heavy atom. The lowest BCUT2D eigenvalue weighted by Crippen LogP contribution is -2.31. The van der Waals surface area contributed by atoms with Crippen LogP contribution in [0.15, 0.2) is 24.3 Å². The summed E-state index contributed by atoms with van der Waals surface area (Å²) in [5, 5.41) is 0. The van der Waals surface area contributed by atoms with Crippen molar-refractivity contribution in [3.05, 3.63) is 35.4 Å². The van der Waals surface area contributed by atoms with Crippen LogP contribution in [0.3, 0.4) is 0 Å². The number of likely N-dealkylation sites (N-methyl/N-ethyl adjacent to an activating group) is 1. The first kappa shape index (κ1) is 14.1. The first-order valence-corrected chi connectivity index (χ1v) is 5.88. The first-order chi connectivity index (χ1) is 8.10. The largest absolute Gasteiger partial charge is 0.329 e. The number of nitrogens with two attached hydrogens (primary N) is 1. The fourth-order valence-electron chi connectivity index (χ4n) is 1.98. The van der Waals surface area contributed by atoms with Gasteiger partial charge in [0.05, 0.1) is 0 Å². The Morgan fingerprint density at radius 3 is 2.47 bits per heavy atom.